The Bertz CT molecular complexity index is 244. The summed E-state index contributed by atoms with van der Waals surface area (Å²) in [6.07, 6.45) is 11.4. The zero-order valence-corrected chi connectivity index (χ0v) is 11.2. The zero-order chi connectivity index (χ0) is 13.0. The van der Waals surface area contributed by atoms with Crippen LogP contribution in [0.4, 0.5) is 0 Å². The second-order valence-electron chi connectivity index (χ2n) is 4.91. The summed E-state index contributed by atoms with van der Waals surface area (Å²) >= 11 is 0. The molecule has 0 aromatic carbocycles. The summed E-state index contributed by atoms with van der Waals surface area (Å²) in [5.74, 6) is 0. The molecule has 0 atom stereocenters. The molecule has 0 bridgehead atoms. The van der Waals surface area contributed by atoms with Crippen molar-refractivity contribution in [3.8, 4) is 12.4 Å². The molecule has 4 nitrogen and oxygen atoms in total. The Labute approximate surface area is 105 Å². The number of nitrogens with zero attached hydrogens (tertiary/aromatic N) is 3. The van der Waals surface area contributed by atoms with E-state index in [-0.39, 0.29) is 0 Å². The third-order valence-electron chi connectivity index (χ3n) is 3.31. The van der Waals surface area contributed by atoms with Gasteiger partial charge in [-0.15, -0.1) is 0 Å². The minimum absolute atomic E-state index is 1.36. The predicted octanol–water partition coefficient (Wildman–Crippen LogP) is 2.35. The third-order valence-corrected chi connectivity index (χ3v) is 3.31. The number of hydrogen-bond donors (Lipinski definition) is 1. The number of nitriles is 2. The van der Waals surface area contributed by atoms with Crippen molar-refractivity contribution in [2.75, 3.05) is 26.7 Å². The van der Waals surface area contributed by atoms with Crippen LogP contribution < -0.4 is 5.32 Å². The largest absolute Gasteiger partial charge is 0.326 e. The molecule has 1 aliphatic heterocycles. The average Bonchev–Trinajstić information content (AvgIpc) is 2.74. The molecule has 1 rings (SSSR count). The van der Waals surface area contributed by atoms with Gasteiger partial charge < -0.3 is 4.48 Å². The van der Waals surface area contributed by atoms with Gasteiger partial charge in [-0.2, -0.15) is 10.5 Å². The lowest BCUT2D eigenvalue weighted by Crippen LogP contribution is -2.41. The van der Waals surface area contributed by atoms with E-state index in [0.717, 1.165) is 0 Å². The van der Waals surface area contributed by atoms with Gasteiger partial charge in [0.25, 0.3) is 0 Å². The molecule has 0 amide bonds. The highest BCUT2D eigenvalue weighted by molar-refractivity contribution is 4.77. The minimum Gasteiger partial charge on any atom is -0.326 e. The fourth-order valence-corrected chi connectivity index (χ4v) is 2.27. The van der Waals surface area contributed by atoms with Gasteiger partial charge in [0.2, 0.25) is 0 Å². The van der Waals surface area contributed by atoms with Crippen LogP contribution in [0.15, 0.2) is 0 Å². The van der Waals surface area contributed by atoms with Gasteiger partial charge in [0, 0.05) is 12.8 Å². The van der Waals surface area contributed by atoms with Crippen LogP contribution in [0.2, 0.25) is 0 Å². The van der Waals surface area contributed by atoms with Gasteiger partial charge in [0.15, 0.2) is 12.4 Å². The fraction of sp³-hybridized carbons (Fsp3) is 0.846. The van der Waals surface area contributed by atoms with Crippen molar-refractivity contribution in [1.29, 1.82) is 10.5 Å². The summed E-state index contributed by atoms with van der Waals surface area (Å²) in [5.41, 5.74) is 0. The summed E-state index contributed by atoms with van der Waals surface area (Å²) in [7, 11) is 2.43. The fourth-order valence-electron chi connectivity index (χ4n) is 2.27. The molecule has 1 saturated heterocycles. The third kappa shape index (κ3) is 8.54. The van der Waals surface area contributed by atoms with Crippen LogP contribution in [-0.4, -0.2) is 31.2 Å². The van der Waals surface area contributed by atoms with Crippen LogP contribution in [0, 0.1) is 22.9 Å². The summed E-state index contributed by atoms with van der Waals surface area (Å²) in [6.45, 7) is 6.59. The molecule has 0 unspecified atom stereocenters. The molecule has 0 aliphatic carbocycles. The van der Waals surface area contributed by atoms with Crippen LogP contribution >= 0.6 is 0 Å². The first kappa shape index (κ1) is 15.7. The summed E-state index contributed by atoms with van der Waals surface area (Å²) in [5, 5.41) is 16.7. The highest BCUT2D eigenvalue weighted by Crippen LogP contribution is 2.17. The average molecular weight is 237 g/mol. The number of quaternary nitrogens is 1. The molecular weight excluding hydrogens is 212 g/mol. The smallest absolute Gasteiger partial charge is 0.190 e. The van der Waals surface area contributed by atoms with E-state index in [2.05, 4.69) is 14.0 Å². The van der Waals surface area contributed by atoms with Crippen LogP contribution in [-0.2, 0) is 0 Å². The minimum atomic E-state index is 1.36. The molecule has 0 radical (unpaired) electrons. The van der Waals surface area contributed by atoms with Gasteiger partial charge in [0.05, 0.1) is 26.7 Å². The van der Waals surface area contributed by atoms with E-state index in [1.165, 1.54) is 75.0 Å². The number of rotatable bonds is 5. The van der Waals surface area contributed by atoms with Crippen LogP contribution in [0.3, 0.4) is 0 Å². The molecule has 1 heterocycles. The van der Waals surface area contributed by atoms with Crippen molar-refractivity contribution in [1.82, 2.24) is 5.32 Å². The molecule has 0 saturated carbocycles. The van der Waals surface area contributed by atoms with Crippen LogP contribution in [0.1, 0.15) is 45.4 Å². The van der Waals surface area contributed by atoms with Crippen molar-refractivity contribution >= 4 is 0 Å². The molecule has 0 aromatic heterocycles. The van der Waals surface area contributed by atoms with Crippen LogP contribution in [0.25, 0.3) is 0 Å². The van der Waals surface area contributed by atoms with Crippen molar-refractivity contribution in [2.24, 2.45) is 0 Å². The Kier molecular flexibility index (Phi) is 9.19. The van der Waals surface area contributed by atoms with Gasteiger partial charge in [-0.1, -0.05) is 19.8 Å². The highest BCUT2D eigenvalue weighted by atomic mass is 15.3. The lowest BCUT2D eigenvalue weighted by Gasteiger charge is -2.29. The Morgan fingerprint density at radius 3 is 2.06 bits per heavy atom. The molecule has 17 heavy (non-hydrogen) atoms. The van der Waals surface area contributed by atoms with Crippen LogP contribution in [0.5, 0.6) is 0 Å². The maximum Gasteiger partial charge on any atom is 0.190 e. The van der Waals surface area contributed by atoms with Gasteiger partial charge in [-0.05, 0) is 12.8 Å². The number of unbranched alkanes of at least 4 members (excludes halogenated alkanes) is 3. The Morgan fingerprint density at radius 2 is 1.65 bits per heavy atom. The first-order chi connectivity index (χ1) is 8.18. The number of hydrogen-bond acceptors (Lipinski definition) is 3. The quantitative estimate of drug-likeness (QED) is 0.345. The first-order valence-corrected chi connectivity index (χ1v) is 6.55. The standard InChI is InChI=1S/C11H24N.C2HN3/c1-3-4-5-6-9-12(2)10-7-8-11-12;3-1-5-2-4/h3-11H2,1-2H3;5H/q+1;. The van der Waals surface area contributed by atoms with Gasteiger partial charge in [0.1, 0.15) is 0 Å². The van der Waals surface area contributed by atoms with E-state index >= 15 is 0 Å². The Hall–Kier alpha value is -1.26. The monoisotopic (exact) mass is 237 g/mol. The summed E-state index contributed by atoms with van der Waals surface area (Å²) in [6, 6.07) is 0. The molecule has 0 spiro atoms. The maximum atomic E-state index is 7.48. The molecule has 1 N–H and O–H groups in total. The van der Waals surface area contributed by atoms with Gasteiger partial charge in [-0.3, -0.25) is 0 Å². The Morgan fingerprint density at radius 1 is 1.06 bits per heavy atom. The SMILES string of the molecule is CCCCCC[N+]1(C)CCCC1.N#CNC#N. The second-order valence-corrected chi connectivity index (χ2v) is 4.91. The topological polar surface area (TPSA) is 59.6 Å². The van der Waals surface area contributed by atoms with E-state index in [0.29, 0.717) is 0 Å². The lowest BCUT2D eigenvalue weighted by atomic mass is 10.2. The van der Waals surface area contributed by atoms with E-state index in [4.69, 9.17) is 10.5 Å². The van der Waals surface area contributed by atoms with E-state index in [1.807, 2.05) is 0 Å². The van der Waals surface area contributed by atoms with Crippen molar-refractivity contribution in [3.63, 3.8) is 0 Å². The summed E-state index contributed by atoms with van der Waals surface area (Å²) in [4.78, 5) is 0. The zero-order valence-electron chi connectivity index (χ0n) is 11.2. The highest BCUT2D eigenvalue weighted by Gasteiger charge is 2.25. The molecule has 4 heteroatoms. The lowest BCUT2D eigenvalue weighted by molar-refractivity contribution is -0.897. The van der Waals surface area contributed by atoms with Gasteiger partial charge in [-0.25, -0.2) is 5.32 Å². The molecule has 1 fully saturated rings. The van der Waals surface area contributed by atoms with E-state index < -0.39 is 0 Å². The molecule has 1 aliphatic rings. The normalized spacial score (nSPS) is 16.2. The Balaban J connectivity index is 0.000000437. The molecule has 0 aromatic rings. The van der Waals surface area contributed by atoms with Gasteiger partial charge >= 0.3 is 0 Å². The molecular formula is C13H25N4+. The number of nitrogens with one attached hydrogen (secondary N) is 1. The van der Waals surface area contributed by atoms with E-state index in [9.17, 15) is 0 Å². The molecule has 96 valence electrons. The van der Waals surface area contributed by atoms with E-state index in [1.54, 1.807) is 5.32 Å². The van der Waals surface area contributed by atoms with Crippen molar-refractivity contribution < 1.29 is 4.48 Å². The summed E-state index contributed by atoms with van der Waals surface area (Å²) < 4.78 is 1.36. The van der Waals surface area contributed by atoms with Crippen molar-refractivity contribution in [3.05, 3.63) is 0 Å². The number of likely N-dealkylation sites (tertiary alicyclic amines) is 1. The first-order valence-electron chi connectivity index (χ1n) is 6.55. The van der Waals surface area contributed by atoms with Crippen molar-refractivity contribution in [2.45, 2.75) is 45.4 Å². The second kappa shape index (κ2) is 9.93. The maximum absolute atomic E-state index is 7.48. The predicted molar refractivity (Wildman–Crippen MR) is 68.5 cm³/mol.